The number of nitrogens with zero attached hydrogens (tertiary/aromatic N) is 1. The molecule has 1 unspecified atom stereocenters. The number of benzene rings is 1. The lowest BCUT2D eigenvalue weighted by Crippen LogP contribution is -2.23. The molecule has 1 heterocycles. The van der Waals surface area contributed by atoms with E-state index >= 15 is 0 Å². The number of ether oxygens (including phenoxy) is 2. The van der Waals surface area contributed by atoms with E-state index in [0.29, 0.717) is 23.7 Å². The molecule has 0 saturated heterocycles. The fourth-order valence-corrected chi connectivity index (χ4v) is 1.75. The van der Waals surface area contributed by atoms with Crippen LogP contribution in [-0.2, 0) is 11.3 Å². The van der Waals surface area contributed by atoms with Crippen molar-refractivity contribution in [3.8, 4) is 11.8 Å². The van der Waals surface area contributed by atoms with Gasteiger partial charge in [0.05, 0.1) is 24.5 Å². The van der Waals surface area contributed by atoms with Gasteiger partial charge in [-0.25, -0.2) is 0 Å². The van der Waals surface area contributed by atoms with E-state index in [1.54, 1.807) is 30.5 Å². The lowest BCUT2D eigenvalue weighted by Gasteiger charge is -2.14. The Kier molecular flexibility index (Phi) is 5.38. The molecular weight excluding hydrogens is 270 g/mol. The third-order valence-electron chi connectivity index (χ3n) is 2.88. The molecule has 0 bridgehead atoms. The van der Waals surface area contributed by atoms with Crippen molar-refractivity contribution in [3.63, 3.8) is 0 Å². The van der Waals surface area contributed by atoms with Gasteiger partial charge < -0.3 is 19.0 Å². The molecule has 1 N–H and O–H groups in total. The van der Waals surface area contributed by atoms with Crippen molar-refractivity contribution in [1.29, 1.82) is 5.26 Å². The molecule has 0 aliphatic heterocycles. The van der Waals surface area contributed by atoms with Crippen molar-refractivity contribution in [3.05, 3.63) is 53.5 Å². The van der Waals surface area contributed by atoms with E-state index in [1.165, 1.54) is 0 Å². The van der Waals surface area contributed by atoms with Crippen molar-refractivity contribution in [1.82, 2.24) is 0 Å². The summed E-state index contributed by atoms with van der Waals surface area (Å²) in [5.74, 6) is 1.31. The first-order valence-electron chi connectivity index (χ1n) is 6.61. The van der Waals surface area contributed by atoms with Gasteiger partial charge in [-0.1, -0.05) is 6.07 Å². The van der Waals surface area contributed by atoms with Crippen molar-refractivity contribution in [2.75, 3.05) is 13.2 Å². The highest BCUT2D eigenvalue weighted by Gasteiger charge is 2.08. The summed E-state index contributed by atoms with van der Waals surface area (Å²) in [4.78, 5) is 0. The number of hydrogen-bond donors (Lipinski definition) is 1. The zero-order chi connectivity index (χ0) is 15.1. The average molecular weight is 287 g/mol. The summed E-state index contributed by atoms with van der Waals surface area (Å²) in [6.07, 6.45) is 0.827. The molecular formula is C16H17NO4. The smallest absolute Gasteiger partial charge is 0.129 e. The fourth-order valence-electron chi connectivity index (χ4n) is 1.75. The van der Waals surface area contributed by atoms with Gasteiger partial charge >= 0.3 is 0 Å². The Hall–Kier alpha value is -2.29. The number of aryl methyl sites for hydroxylation is 1. The standard InChI is InChI=1S/C16H17NO4/c1-12-4-5-13(8-17)7-16(12)21-10-14(18)9-19-11-15-3-2-6-20-15/h2-7,14,18H,9-11H2,1H3. The van der Waals surface area contributed by atoms with E-state index in [0.717, 1.165) is 5.56 Å². The van der Waals surface area contributed by atoms with E-state index in [2.05, 4.69) is 6.07 Å². The molecule has 0 spiro atoms. The average Bonchev–Trinajstić information content (AvgIpc) is 3.00. The normalized spacial score (nSPS) is 11.9. The first-order chi connectivity index (χ1) is 10.2. The van der Waals surface area contributed by atoms with Gasteiger partial charge in [0.1, 0.15) is 30.8 Å². The van der Waals surface area contributed by atoms with Crippen LogP contribution < -0.4 is 4.74 Å². The van der Waals surface area contributed by atoms with Crippen molar-refractivity contribution in [2.45, 2.75) is 19.6 Å². The minimum atomic E-state index is -0.745. The Morgan fingerprint density at radius 3 is 2.90 bits per heavy atom. The molecule has 1 aromatic carbocycles. The first-order valence-corrected chi connectivity index (χ1v) is 6.61. The SMILES string of the molecule is Cc1ccc(C#N)cc1OCC(O)COCc1ccco1. The molecule has 0 amide bonds. The zero-order valence-electron chi connectivity index (χ0n) is 11.8. The molecule has 1 atom stereocenters. The highest BCUT2D eigenvalue weighted by Crippen LogP contribution is 2.19. The largest absolute Gasteiger partial charge is 0.490 e. The third kappa shape index (κ3) is 4.63. The van der Waals surface area contributed by atoms with Crippen molar-refractivity contribution >= 4 is 0 Å². The van der Waals surface area contributed by atoms with Crippen LogP contribution in [0.2, 0.25) is 0 Å². The van der Waals surface area contributed by atoms with E-state index in [1.807, 2.05) is 13.0 Å². The lowest BCUT2D eigenvalue weighted by atomic mass is 10.1. The second-order valence-corrected chi connectivity index (χ2v) is 4.65. The highest BCUT2D eigenvalue weighted by molar-refractivity contribution is 5.41. The predicted octanol–water partition coefficient (Wildman–Crippen LogP) is 2.42. The molecule has 0 radical (unpaired) electrons. The Labute approximate surface area is 123 Å². The Morgan fingerprint density at radius 1 is 1.33 bits per heavy atom. The molecule has 5 heteroatoms. The van der Waals surface area contributed by atoms with Gasteiger partial charge in [-0.05, 0) is 36.8 Å². The Balaban J connectivity index is 1.76. The summed E-state index contributed by atoms with van der Waals surface area (Å²) in [5.41, 5.74) is 1.44. The highest BCUT2D eigenvalue weighted by atomic mass is 16.5. The second kappa shape index (κ2) is 7.48. The van der Waals surface area contributed by atoms with Crippen molar-refractivity contribution < 1.29 is 19.0 Å². The van der Waals surface area contributed by atoms with Crippen LogP contribution >= 0.6 is 0 Å². The molecule has 0 saturated carbocycles. The summed E-state index contributed by atoms with van der Waals surface area (Å²) >= 11 is 0. The van der Waals surface area contributed by atoms with Crippen LogP contribution in [-0.4, -0.2) is 24.4 Å². The van der Waals surface area contributed by atoms with Crippen LogP contribution in [0, 0.1) is 18.3 Å². The van der Waals surface area contributed by atoms with Crippen LogP contribution in [0.1, 0.15) is 16.9 Å². The maximum atomic E-state index is 9.81. The molecule has 2 aromatic rings. The zero-order valence-corrected chi connectivity index (χ0v) is 11.8. The minimum absolute atomic E-state index is 0.105. The number of nitriles is 1. The van der Waals surface area contributed by atoms with E-state index in [9.17, 15) is 5.11 Å². The van der Waals surface area contributed by atoms with Gasteiger partial charge in [0.2, 0.25) is 0 Å². The van der Waals surface area contributed by atoms with E-state index in [-0.39, 0.29) is 13.2 Å². The van der Waals surface area contributed by atoms with E-state index in [4.69, 9.17) is 19.2 Å². The number of hydrogen-bond acceptors (Lipinski definition) is 5. The molecule has 0 fully saturated rings. The lowest BCUT2D eigenvalue weighted by molar-refractivity contribution is 0.000772. The third-order valence-corrected chi connectivity index (χ3v) is 2.88. The quantitative estimate of drug-likeness (QED) is 0.846. The Bertz CT molecular complexity index is 601. The van der Waals surface area contributed by atoms with Gasteiger partial charge in [0.15, 0.2) is 0 Å². The molecule has 1 aromatic heterocycles. The molecule has 2 rings (SSSR count). The van der Waals surface area contributed by atoms with Gasteiger partial charge in [-0.2, -0.15) is 5.26 Å². The summed E-state index contributed by atoms with van der Waals surface area (Å²) < 4.78 is 16.0. The maximum Gasteiger partial charge on any atom is 0.129 e. The summed E-state index contributed by atoms with van der Waals surface area (Å²) in [5, 5.41) is 18.7. The van der Waals surface area contributed by atoms with E-state index < -0.39 is 6.10 Å². The summed E-state index contributed by atoms with van der Waals surface area (Å²) in [6.45, 7) is 2.45. The molecule has 0 aliphatic carbocycles. The second-order valence-electron chi connectivity index (χ2n) is 4.65. The number of rotatable bonds is 7. The van der Waals surface area contributed by atoms with Gasteiger partial charge in [0.25, 0.3) is 0 Å². The van der Waals surface area contributed by atoms with Crippen molar-refractivity contribution in [2.24, 2.45) is 0 Å². The fraction of sp³-hybridized carbons (Fsp3) is 0.312. The van der Waals surface area contributed by atoms with Gasteiger partial charge in [-0.3, -0.25) is 0 Å². The number of furan rings is 1. The summed E-state index contributed by atoms with van der Waals surface area (Å²) in [7, 11) is 0. The van der Waals surface area contributed by atoms with Crippen LogP contribution in [0.5, 0.6) is 5.75 Å². The van der Waals surface area contributed by atoms with Crippen LogP contribution in [0.4, 0.5) is 0 Å². The molecule has 110 valence electrons. The number of aliphatic hydroxyl groups excluding tert-OH is 1. The minimum Gasteiger partial charge on any atom is -0.490 e. The van der Waals surface area contributed by atoms with Crippen LogP contribution in [0.3, 0.4) is 0 Å². The number of aliphatic hydroxyl groups is 1. The topological polar surface area (TPSA) is 75.6 Å². The maximum absolute atomic E-state index is 9.81. The molecule has 5 nitrogen and oxygen atoms in total. The van der Waals surface area contributed by atoms with Crippen LogP contribution in [0.15, 0.2) is 41.0 Å². The van der Waals surface area contributed by atoms with Gasteiger partial charge in [-0.15, -0.1) is 0 Å². The molecule has 0 aliphatic rings. The first kappa shape index (κ1) is 15.1. The monoisotopic (exact) mass is 287 g/mol. The van der Waals surface area contributed by atoms with Crippen LogP contribution in [0.25, 0.3) is 0 Å². The summed E-state index contributed by atoms with van der Waals surface area (Å²) in [6, 6.07) is 10.8. The van der Waals surface area contributed by atoms with Gasteiger partial charge in [0, 0.05) is 0 Å². The predicted molar refractivity (Wildman–Crippen MR) is 75.8 cm³/mol. The molecule has 21 heavy (non-hydrogen) atoms. The Morgan fingerprint density at radius 2 is 2.19 bits per heavy atom.